The van der Waals surface area contributed by atoms with Crippen molar-refractivity contribution in [3.05, 3.63) is 0 Å². The summed E-state index contributed by atoms with van der Waals surface area (Å²) in [6.45, 7) is 0. The number of carbonyl (C=O) groups is 2. The molecule has 0 aromatic rings. The molecule has 4 nitrogen and oxygen atoms in total. The predicted octanol–water partition coefficient (Wildman–Crippen LogP) is -0.599. The molecular formula is C4H4GeO4. The SMILES string of the molecule is O=C1CCC(=O)[O][Ge][O]1. The summed E-state index contributed by atoms with van der Waals surface area (Å²) in [6, 6.07) is 0. The third kappa shape index (κ3) is 2.05. The van der Waals surface area contributed by atoms with Crippen molar-refractivity contribution in [1.29, 1.82) is 0 Å². The van der Waals surface area contributed by atoms with E-state index in [9.17, 15) is 9.59 Å². The van der Waals surface area contributed by atoms with E-state index < -0.39 is 16.1 Å². The second-order valence-corrected chi connectivity index (χ2v) is 2.74. The number of carbonyl (C=O) groups excluding carboxylic acids is 2. The van der Waals surface area contributed by atoms with Crippen molar-refractivity contribution in [2.75, 3.05) is 0 Å². The van der Waals surface area contributed by atoms with Gasteiger partial charge in [0.15, 0.2) is 0 Å². The van der Waals surface area contributed by atoms with Crippen molar-refractivity contribution in [3.63, 3.8) is 0 Å². The summed E-state index contributed by atoms with van der Waals surface area (Å²) in [5, 5.41) is 0. The van der Waals surface area contributed by atoms with Gasteiger partial charge in [-0.2, -0.15) is 0 Å². The molecule has 0 unspecified atom stereocenters. The average molecular weight is 189 g/mol. The summed E-state index contributed by atoms with van der Waals surface area (Å²) in [5.41, 5.74) is 0. The van der Waals surface area contributed by atoms with Crippen LogP contribution in [0.25, 0.3) is 0 Å². The molecule has 0 aliphatic carbocycles. The maximum absolute atomic E-state index is 10.4. The van der Waals surface area contributed by atoms with Crippen LogP contribution < -0.4 is 0 Å². The van der Waals surface area contributed by atoms with E-state index in [1.165, 1.54) is 0 Å². The van der Waals surface area contributed by atoms with E-state index >= 15 is 0 Å². The molecule has 1 aliphatic rings. The molecule has 2 radical (unpaired) electrons. The van der Waals surface area contributed by atoms with E-state index in [1.807, 2.05) is 0 Å². The van der Waals surface area contributed by atoms with Crippen molar-refractivity contribution in [2.45, 2.75) is 12.8 Å². The maximum atomic E-state index is 10.4. The fourth-order valence-corrected chi connectivity index (χ4v) is 1.33. The molecule has 1 rings (SSSR count). The summed E-state index contributed by atoms with van der Waals surface area (Å²) < 4.78 is 9.03. The summed E-state index contributed by atoms with van der Waals surface area (Å²) in [4.78, 5) is 20.8. The van der Waals surface area contributed by atoms with Crippen molar-refractivity contribution >= 4 is 28.0 Å². The molecule has 0 spiro atoms. The minimum absolute atomic E-state index is 0.169. The van der Waals surface area contributed by atoms with Gasteiger partial charge in [-0.1, -0.05) is 0 Å². The Morgan fingerprint density at radius 1 is 1.11 bits per heavy atom. The normalized spacial score (nSPS) is 20.0. The molecule has 5 heteroatoms. The van der Waals surface area contributed by atoms with Crippen LogP contribution in [-0.2, 0) is 17.1 Å². The molecule has 0 atom stereocenters. The van der Waals surface area contributed by atoms with Crippen molar-refractivity contribution < 1.29 is 17.1 Å². The Labute approximate surface area is 58.7 Å². The molecule has 1 heterocycles. The Kier molecular flexibility index (Phi) is 2.10. The number of hydrogen-bond acceptors (Lipinski definition) is 4. The molecule has 0 N–H and O–H groups in total. The van der Waals surface area contributed by atoms with Gasteiger partial charge < -0.3 is 0 Å². The van der Waals surface area contributed by atoms with Crippen LogP contribution in [0.1, 0.15) is 12.8 Å². The van der Waals surface area contributed by atoms with Gasteiger partial charge in [-0.05, 0) is 0 Å². The molecule has 1 aliphatic heterocycles. The van der Waals surface area contributed by atoms with Crippen LogP contribution in [0, 0.1) is 0 Å². The van der Waals surface area contributed by atoms with Gasteiger partial charge in [0.25, 0.3) is 0 Å². The Balaban J connectivity index is 2.43. The summed E-state index contributed by atoms with van der Waals surface area (Å²) in [7, 11) is 0. The monoisotopic (exact) mass is 190 g/mol. The van der Waals surface area contributed by atoms with Gasteiger partial charge in [0.1, 0.15) is 0 Å². The van der Waals surface area contributed by atoms with Gasteiger partial charge >= 0.3 is 58.0 Å². The van der Waals surface area contributed by atoms with E-state index in [0.717, 1.165) is 0 Å². The summed E-state index contributed by atoms with van der Waals surface area (Å²) >= 11 is -1.21. The first-order chi connectivity index (χ1) is 4.29. The van der Waals surface area contributed by atoms with Gasteiger partial charge in [0.2, 0.25) is 0 Å². The summed E-state index contributed by atoms with van der Waals surface area (Å²) in [6.07, 6.45) is 0.338. The van der Waals surface area contributed by atoms with E-state index in [2.05, 4.69) is 7.53 Å². The minimum atomic E-state index is -1.21. The molecule has 0 aromatic carbocycles. The number of hydrogen-bond donors (Lipinski definition) is 0. The second-order valence-electron chi connectivity index (χ2n) is 1.53. The first-order valence-corrected chi connectivity index (χ1v) is 4.14. The van der Waals surface area contributed by atoms with Crippen LogP contribution >= 0.6 is 0 Å². The quantitative estimate of drug-likeness (QED) is 0.477. The predicted molar refractivity (Wildman–Crippen MR) is 27.2 cm³/mol. The topological polar surface area (TPSA) is 52.6 Å². The zero-order chi connectivity index (χ0) is 6.69. The van der Waals surface area contributed by atoms with E-state index in [0.29, 0.717) is 0 Å². The van der Waals surface area contributed by atoms with Crippen LogP contribution in [0.5, 0.6) is 0 Å². The van der Waals surface area contributed by atoms with Crippen LogP contribution in [-0.4, -0.2) is 28.0 Å². The zero-order valence-electron chi connectivity index (χ0n) is 4.55. The van der Waals surface area contributed by atoms with Crippen LogP contribution in [0.3, 0.4) is 0 Å². The van der Waals surface area contributed by atoms with Crippen molar-refractivity contribution in [3.8, 4) is 0 Å². The summed E-state index contributed by atoms with van der Waals surface area (Å²) in [5.74, 6) is -0.637. The van der Waals surface area contributed by atoms with E-state index in [4.69, 9.17) is 0 Å². The molecule has 0 saturated carbocycles. The molecule has 1 saturated heterocycles. The van der Waals surface area contributed by atoms with Crippen LogP contribution in [0.2, 0.25) is 0 Å². The Hall–Kier alpha value is -0.517. The van der Waals surface area contributed by atoms with Crippen molar-refractivity contribution in [2.24, 2.45) is 0 Å². The molecule has 0 bridgehead atoms. The molecule has 0 amide bonds. The van der Waals surface area contributed by atoms with Crippen molar-refractivity contribution in [1.82, 2.24) is 0 Å². The third-order valence-corrected chi connectivity index (χ3v) is 2.15. The third-order valence-electron chi connectivity index (χ3n) is 0.844. The van der Waals surface area contributed by atoms with E-state index in [1.54, 1.807) is 0 Å². The number of rotatable bonds is 0. The zero-order valence-corrected chi connectivity index (χ0v) is 6.65. The van der Waals surface area contributed by atoms with E-state index in [-0.39, 0.29) is 24.8 Å². The van der Waals surface area contributed by atoms with Gasteiger partial charge in [0.05, 0.1) is 0 Å². The average Bonchev–Trinajstić information content (AvgIpc) is 1.97. The van der Waals surface area contributed by atoms with Gasteiger partial charge in [-0.15, -0.1) is 0 Å². The molecule has 9 heavy (non-hydrogen) atoms. The fraction of sp³-hybridized carbons (Fsp3) is 0.500. The second kappa shape index (κ2) is 2.86. The first kappa shape index (κ1) is 6.60. The standard InChI is InChI=1S/C4H4GeO4/c6-3-1-2-4(7)9-5-8-3/h1-2H2. The van der Waals surface area contributed by atoms with Crippen LogP contribution in [0.4, 0.5) is 0 Å². The van der Waals surface area contributed by atoms with Crippen LogP contribution in [0.15, 0.2) is 0 Å². The fourth-order valence-electron chi connectivity index (χ4n) is 0.420. The Morgan fingerprint density at radius 2 is 1.56 bits per heavy atom. The molecule has 0 aromatic heterocycles. The first-order valence-electron chi connectivity index (χ1n) is 2.43. The van der Waals surface area contributed by atoms with Gasteiger partial charge in [-0.25, -0.2) is 0 Å². The molecular weight excluding hydrogens is 185 g/mol. The Bertz CT molecular complexity index is 128. The molecule has 48 valence electrons. The Morgan fingerprint density at radius 3 is 2.00 bits per heavy atom. The molecule has 1 fully saturated rings. The van der Waals surface area contributed by atoms with Gasteiger partial charge in [-0.3, -0.25) is 0 Å². The van der Waals surface area contributed by atoms with Gasteiger partial charge in [0, 0.05) is 0 Å².